The Bertz CT molecular complexity index is 1070. The maximum absolute atomic E-state index is 12.9. The van der Waals surface area contributed by atoms with Gasteiger partial charge in [0.05, 0.1) is 23.8 Å². The summed E-state index contributed by atoms with van der Waals surface area (Å²) in [4.78, 5) is 38.4. The van der Waals surface area contributed by atoms with Crippen LogP contribution < -0.4 is 15.5 Å². The molecule has 33 heavy (non-hydrogen) atoms. The first-order valence-electron chi connectivity index (χ1n) is 11.1. The fourth-order valence-electron chi connectivity index (χ4n) is 3.84. The van der Waals surface area contributed by atoms with Crippen LogP contribution in [0.3, 0.4) is 0 Å². The summed E-state index contributed by atoms with van der Waals surface area (Å²) in [6.45, 7) is 5.19. The number of benzene rings is 2. The molecule has 0 bridgehead atoms. The molecule has 2 N–H and O–H groups in total. The van der Waals surface area contributed by atoms with Gasteiger partial charge in [0.1, 0.15) is 0 Å². The maximum atomic E-state index is 12.9. The van der Waals surface area contributed by atoms with E-state index in [1.807, 2.05) is 43.3 Å². The van der Waals surface area contributed by atoms with Crippen LogP contribution in [0.4, 0.5) is 11.6 Å². The average Bonchev–Trinajstić information content (AvgIpc) is 2.86. The third-order valence-corrected chi connectivity index (χ3v) is 5.67. The van der Waals surface area contributed by atoms with Crippen LogP contribution in [0.15, 0.2) is 73.1 Å². The van der Waals surface area contributed by atoms with E-state index in [9.17, 15) is 9.59 Å². The van der Waals surface area contributed by atoms with Crippen molar-refractivity contribution in [1.82, 2.24) is 20.2 Å². The number of aromatic nitrogens is 2. The van der Waals surface area contributed by atoms with Gasteiger partial charge in [-0.15, -0.1) is 0 Å². The minimum atomic E-state index is -0.223. The number of para-hydroxylation sites is 1. The van der Waals surface area contributed by atoms with E-state index in [1.165, 1.54) is 0 Å². The third kappa shape index (κ3) is 5.93. The number of carbonyl (C=O) groups is 2. The minimum Gasteiger partial charge on any atom is -0.345 e. The predicted molar refractivity (Wildman–Crippen MR) is 128 cm³/mol. The zero-order chi connectivity index (χ0) is 23.0. The molecule has 1 saturated heterocycles. The van der Waals surface area contributed by atoms with Gasteiger partial charge in [-0.3, -0.25) is 14.5 Å². The second kappa shape index (κ2) is 10.7. The molecule has 2 amide bonds. The second-order valence-corrected chi connectivity index (χ2v) is 8.01. The normalized spacial score (nSPS) is 15.0. The van der Waals surface area contributed by atoms with Crippen LogP contribution in [0, 0.1) is 0 Å². The number of carbonyl (C=O) groups excluding carboxylic acids is 2. The third-order valence-electron chi connectivity index (χ3n) is 5.67. The maximum Gasteiger partial charge on any atom is 0.253 e. The van der Waals surface area contributed by atoms with Crippen LogP contribution >= 0.6 is 0 Å². The van der Waals surface area contributed by atoms with Gasteiger partial charge in [0.25, 0.3) is 5.91 Å². The molecule has 3 aromatic rings. The van der Waals surface area contributed by atoms with Crippen molar-refractivity contribution in [2.24, 2.45) is 0 Å². The summed E-state index contributed by atoms with van der Waals surface area (Å²) in [5, 5.41) is 5.92. The van der Waals surface area contributed by atoms with E-state index < -0.39 is 0 Å². The van der Waals surface area contributed by atoms with Crippen LogP contribution in [-0.4, -0.2) is 59.4 Å². The molecular formula is C25H28N6O2. The van der Waals surface area contributed by atoms with Crippen molar-refractivity contribution in [3.63, 3.8) is 0 Å². The second-order valence-electron chi connectivity index (χ2n) is 8.01. The van der Waals surface area contributed by atoms with Gasteiger partial charge >= 0.3 is 0 Å². The topological polar surface area (TPSA) is 90.5 Å². The van der Waals surface area contributed by atoms with Crippen molar-refractivity contribution >= 4 is 23.5 Å². The minimum absolute atomic E-state index is 0.143. The van der Waals surface area contributed by atoms with Crippen LogP contribution in [0.2, 0.25) is 0 Å². The molecule has 8 nitrogen and oxygen atoms in total. The van der Waals surface area contributed by atoms with Gasteiger partial charge in [0.15, 0.2) is 0 Å². The highest BCUT2D eigenvalue weighted by molar-refractivity contribution is 6.04. The highest BCUT2D eigenvalue weighted by Gasteiger charge is 2.21. The van der Waals surface area contributed by atoms with E-state index in [1.54, 1.807) is 36.7 Å². The van der Waals surface area contributed by atoms with E-state index in [2.05, 4.69) is 30.4 Å². The number of nitrogens with zero attached hydrogens (tertiary/aromatic N) is 4. The monoisotopic (exact) mass is 444 g/mol. The molecule has 1 fully saturated rings. The molecule has 0 saturated carbocycles. The van der Waals surface area contributed by atoms with E-state index in [-0.39, 0.29) is 24.4 Å². The number of hydrogen-bond donors (Lipinski definition) is 2. The molecule has 1 atom stereocenters. The van der Waals surface area contributed by atoms with Gasteiger partial charge in [0.2, 0.25) is 11.9 Å². The molecule has 2 heterocycles. The van der Waals surface area contributed by atoms with Crippen molar-refractivity contribution in [3.8, 4) is 0 Å². The largest absolute Gasteiger partial charge is 0.345 e. The summed E-state index contributed by atoms with van der Waals surface area (Å²) in [6, 6.07) is 18.5. The van der Waals surface area contributed by atoms with E-state index in [4.69, 9.17) is 0 Å². The number of anilines is 2. The molecule has 1 aliphatic heterocycles. The van der Waals surface area contributed by atoms with E-state index in [0.717, 1.165) is 31.7 Å². The Morgan fingerprint density at radius 2 is 1.58 bits per heavy atom. The summed E-state index contributed by atoms with van der Waals surface area (Å²) in [5.41, 5.74) is 1.98. The van der Waals surface area contributed by atoms with Crippen LogP contribution in [0.1, 0.15) is 28.9 Å². The molecule has 1 aliphatic rings. The number of hydrogen-bond acceptors (Lipinski definition) is 6. The Morgan fingerprint density at radius 3 is 2.30 bits per heavy atom. The van der Waals surface area contributed by atoms with Crippen molar-refractivity contribution in [2.75, 3.05) is 42.9 Å². The summed E-state index contributed by atoms with van der Waals surface area (Å²) in [7, 11) is 0. The van der Waals surface area contributed by atoms with Gasteiger partial charge in [-0.2, -0.15) is 0 Å². The predicted octanol–water partition coefficient (Wildman–Crippen LogP) is 2.73. The SMILES string of the molecule is C[C@@H](NC(=O)c1ccccc1NC(=O)CN1CCN(c2ncccn2)CC1)c1ccccc1. The summed E-state index contributed by atoms with van der Waals surface area (Å²) >= 11 is 0. The Hall–Kier alpha value is -3.78. The molecular weight excluding hydrogens is 416 g/mol. The highest BCUT2D eigenvalue weighted by atomic mass is 16.2. The quantitative estimate of drug-likeness (QED) is 0.582. The van der Waals surface area contributed by atoms with E-state index in [0.29, 0.717) is 17.2 Å². The van der Waals surface area contributed by atoms with Gasteiger partial charge in [-0.25, -0.2) is 9.97 Å². The molecule has 0 spiro atoms. The lowest BCUT2D eigenvalue weighted by Crippen LogP contribution is -2.49. The lowest BCUT2D eigenvalue weighted by molar-refractivity contribution is -0.117. The highest BCUT2D eigenvalue weighted by Crippen LogP contribution is 2.18. The van der Waals surface area contributed by atoms with Gasteiger partial charge < -0.3 is 15.5 Å². The first-order chi connectivity index (χ1) is 16.1. The zero-order valence-corrected chi connectivity index (χ0v) is 18.6. The Morgan fingerprint density at radius 1 is 0.909 bits per heavy atom. The van der Waals surface area contributed by atoms with E-state index >= 15 is 0 Å². The summed E-state index contributed by atoms with van der Waals surface area (Å²) < 4.78 is 0. The fraction of sp³-hybridized carbons (Fsp3) is 0.280. The Kier molecular flexibility index (Phi) is 7.26. The number of rotatable bonds is 7. The molecule has 1 aromatic heterocycles. The molecule has 4 rings (SSSR count). The standard InChI is InChI=1S/C25H28N6O2/c1-19(20-8-3-2-4-9-20)28-24(33)21-10-5-6-11-22(21)29-23(32)18-30-14-16-31(17-15-30)25-26-12-7-13-27-25/h2-13,19H,14-18H2,1H3,(H,28,33)(H,29,32)/t19-/m1/s1. The van der Waals surface area contributed by atoms with Crippen molar-refractivity contribution in [2.45, 2.75) is 13.0 Å². The van der Waals surface area contributed by atoms with Crippen molar-refractivity contribution in [3.05, 3.63) is 84.2 Å². The Balaban J connectivity index is 1.32. The lowest BCUT2D eigenvalue weighted by Gasteiger charge is -2.34. The average molecular weight is 445 g/mol. The van der Waals surface area contributed by atoms with Crippen molar-refractivity contribution in [1.29, 1.82) is 0 Å². The van der Waals surface area contributed by atoms with Gasteiger partial charge in [-0.05, 0) is 30.7 Å². The fourth-order valence-corrected chi connectivity index (χ4v) is 3.84. The van der Waals surface area contributed by atoms with Gasteiger partial charge in [-0.1, -0.05) is 42.5 Å². The summed E-state index contributed by atoms with van der Waals surface area (Å²) in [5.74, 6) is 0.348. The number of nitrogens with one attached hydrogen (secondary N) is 2. The lowest BCUT2D eigenvalue weighted by atomic mass is 10.1. The first kappa shape index (κ1) is 22.4. The van der Waals surface area contributed by atoms with Crippen LogP contribution in [0.5, 0.6) is 0 Å². The molecule has 0 unspecified atom stereocenters. The molecule has 0 radical (unpaired) electrons. The van der Waals surface area contributed by atoms with Crippen molar-refractivity contribution < 1.29 is 9.59 Å². The number of amides is 2. The first-order valence-corrected chi connectivity index (χ1v) is 11.1. The molecule has 8 heteroatoms. The van der Waals surface area contributed by atoms with Gasteiger partial charge in [0, 0.05) is 38.6 Å². The summed E-state index contributed by atoms with van der Waals surface area (Å²) in [6.07, 6.45) is 3.46. The number of piperazine rings is 1. The Labute approximate surface area is 193 Å². The molecule has 2 aromatic carbocycles. The van der Waals surface area contributed by atoms with Crippen LogP contribution in [0.25, 0.3) is 0 Å². The zero-order valence-electron chi connectivity index (χ0n) is 18.6. The molecule has 0 aliphatic carbocycles. The smallest absolute Gasteiger partial charge is 0.253 e. The van der Waals surface area contributed by atoms with Crippen LogP contribution in [-0.2, 0) is 4.79 Å². The molecule has 170 valence electrons.